The summed E-state index contributed by atoms with van der Waals surface area (Å²) < 4.78 is 5.08. The molecule has 18 heavy (non-hydrogen) atoms. The molecule has 102 valence electrons. The van der Waals surface area contributed by atoms with Crippen molar-refractivity contribution in [2.24, 2.45) is 0 Å². The van der Waals surface area contributed by atoms with Crippen LogP contribution in [0.1, 0.15) is 6.42 Å². The maximum absolute atomic E-state index is 11.6. The summed E-state index contributed by atoms with van der Waals surface area (Å²) in [7, 11) is 1.52. The Kier molecular flexibility index (Phi) is 6.25. The molecule has 0 saturated carbocycles. The van der Waals surface area contributed by atoms with Gasteiger partial charge in [-0.1, -0.05) is 0 Å². The second-order valence-electron chi connectivity index (χ2n) is 3.72. The van der Waals surface area contributed by atoms with Gasteiger partial charge in [-0.3, -0.25) is 4.79 Å². The first-order chi connectivity index (χ1) is 7.63. The maximum Gasteiger partial charge on any atom is 0.255 e. The van der Waals surface area contributed by atoms with E-state index in [-0.39, 0.29) is 30.7 Å². The van der Waals surface area contributed by atoms with Crippen LogP contribution in [0, 0.1) is 0 Å². The van der Waals surface area contributed by atoms with Gasteiger partial charge in [0, 0.05) is 24.7 Å². The van der Waals surface area contributed by atoms with Crippen LogP contribution in [0.15, 0.2) is 18.2 Å². The van der Waals surface area contributed by atoms with Crippen LogP contribution in [0.25, 0.3) is 0 Å². The van der Waals surface area contributed by atoms with E-state index in [4.69, 9.17) is 10.5 Å². The minimum absolute atomic E-state index is 0. The van der Waals surface area contributed by atoms with Crippen molar-refractivity contribution in [1.82, 2.24) is 0 Å². The fourth-order valence-corrected chi connectivity index (χ4v) is 1.79. The minimum atomic E-state index is -0.886. The number of amides is 1. The Hall–Kier alpha value is -1.17. The third kappa shape index (κ3) is 2.98. The third-order valence-electron chi connectivity index (χ3n) is 2.71. The Morgan fingerprint density at radius 2 is 2.11 bits per heavy atom. The number of carbonyl (C=O) groups excluding carboxylic acids is 1. The van der Waals surface area contributed by atoms with Gasteiger partial charge in [0.2, 0.25) is 0 Å². The number of hydrogen-bond acceptors (Lipinski definition) is 4. The Balaban J connectivity index is 0.00000144. The highest BCUT2D eigenvalue weighted by Gasteiger charge is 2.30. The summed E-state index contributed by atoms with van der Waals surface area (Å²) in [5.41, 5.74) is 6.91. The van der Waals surface area contributed by atoms with E-state index >= 15 is 0 Å². The molecule has 1 saturated heterocycles. The standard InChI is InChI=1S/C11H14N2O3.2ClH/c1-16-10-6-7(2-3-8(10)12)13-5-4-9(14)11(13)15;;/h2-3,6,9,14H,4-5,12H2,1H3;2*1H. The molecular formula is C11H16Cl2N2O3. The number of carbonyl (C=O) groups is 1. The first-order valence-electron chi connectivity index (χ1n) is 5.06. The quantitative estimate of drug-likeness (QED) is 0.804. The molecule has 1 heterocycles. The molecule has 3 N–H and O–H groups in total. The van der Waals surface area contributed by atoms with E-state index < -0.39 is 6.10 Å². The first kappa shape index (κ1) is 16.8. The van der Waals surface area contributed by atoms with Crippen LogP contribution in [0.5, 0.6) is 5.75 Å². The van der Waals surface area contributed by atoms with E-state index in [9.17, 15) is 9.90 Å². The molecule has 1 aromatic carbocycles. The number of hydrogen-bond donors (Lipinski definition) is 2. The molecule has 1 unspecified atom stereocenters. The summed E-state index contributed by atoms with van der Waals surface area (Å²) >= 11 is 0. The Labute approximate surface area is 118 Å². The zero-order valence-corrected chi connectivity index (χ0v) is 11.5. The second-order valence-corrected chi connectivity index (χ2v) is 3.72. The summed E-state index contributed by atoms with van der Waals surface area (Å²) in [4.78, 5) is 13.1. The number of rotatable bonds is 2. The molecule has 2 rings (SSSR count). The topological polar surface area (TPSA) is 75.8 Å². The number of methoxy groups -OCH3 is 1. The van der Waals surface area contributed by atoms with Gasteiger partial charge in [0.05, 0.1) is 12.8 Å². The lowest BCUT2D eigenvalue weighted by Crippen LogP contribution is -2.29. The van der Waals surface area contributed by atoms with E-state index in [2.05, 4.69) is 0 Å². The number of nitrogens with zero attached hydrogens (tertiary/aromatic N) is 1. The van der Waals surface area contributed by atoms with Gasteiger partial charge < -0.3 is 20.5 Å². The molecule has 0 aromatic heterocycles. The number of ether oxygens (including phenoxy) is 1. The van der Waals surface area contributed by atoms with Crippen LogP contribution in [-0.2, 0) is 4.79 Å². The molecular weight excluding hydrogens is 279 g/mol. The van der Waals surface area contributed by atoms with Gasteiger partial charge in [0.1, 0.15) is 11.9 Å². The van der Waals surface area contributed by atoms with Crippen molar-refractivity contribution < 1.29 is 14.6 Å². The summed E-state index contributed by atoms with van der Waals surface area (Å²) in [6.07, 6.45) is -0.422. The predicted octanol–water partition coefficient (Wildman–Crippen LogP) is 1.22. The predicted molar refractivity (Wildman–Crippen MR) is 74.9 cm³/mol. The minimum Gasteiger partial charge on any atom is -0.495 e. The van der Waals surface area contributed by atoms with Gasteiger partial charge in [-0.2, -0.15) is 0 Å². The van der Waals surface area contributed by atoms with Gasteiger partial charge in [-0.15, -0.1) is 24.8 Å². The highest BCUT2D eigenvalue weighted by Crippen LogP contribution is 2.29. The SMILES string of the molecule is COc1cc(N2CCC(O)C2=O)ccc1N.Cl.Cl. The fourth-order valence-electron chi connectivity index (χ4n) is 1.79. The van der Waals surface area contributed by atoms with Crippen LogP contribution < -0.4 is 15.4 Å². The fraction of sp³-hybridized carbons (Fsp3) is 0.364. The third-order valence-corrected chi connectivity index (χ3v) is 2.71. The highest BCUT2D eigenvalue weighted by molar-refractivity contribution is 5.98. The van der Waals surface area contributed by atoms with Crippen molar-refractivity contribution in [3.05, 3.63) is 18.2 Å². The molecule has 0 bridgehead atoms. The molecule has 0 aliphatic carbocycles. The molecule has 1 fully saturated rings. The number of aliphatic hydroxyl groups excluding tert-OH is 1. The molecule has 1 atom stereocenters. The molecule has 1 aromatic rings. The number of nitrogen functional groups attached to an aromatic ring is 1. The lowest BCUT2D eigenvalue weighted by atomic mass is 10.2. The van der Waals surface area contributed by atoms with E-state index in [1.54, 1.807) is 18.2 Å². The number of nitrogens with two attached hydrogens (primary N) is 1. The number of halogens is 2. The van der Waals surface area contributed by atoms with Crippen molar-refractivity contribution >= 4 is 42.1 Å². The molecule has 5 nitrogen and oxygen atoms in total. The maximum atomic E-state index is 11.6. The number of benzene rings is 1. The van der Waals surface area contributed by atoms with Crippen molar-refractivity contribution in [2.45, 2.75) is 12.5 Å². The molecule has 1 amide bonds. The Bertz CT molecular complexity index is 429. The van der Waals surface area contributed by atoms with Crippen LogP contribution in [0.3, 0.4) is 0 Å². The molecule has 1 aliphatic rings. The summed E-state index contributed by atoms with van der Waals surface area (Å²) in [6.45, 7) is 0.521. The monoisotopic (exact) mass is 294 g/mol. The molecule has 0 radical (unpaired) electrons. The van der Waals surface area contributed by atoms with Gasteiger partial charge in [0.15, 0.2) is 0 Å². The van der Waals surface area contributed by atoms with Crippen LogP contribution >= 0.6 is 24.8 Å². The van der Waals surface area contributed by atoms with Crippen molar-refractivity contribution in [1.29, 1.82) is 0 Å². The van der Waals surface area contributed by atoms with Gasteiger partial charge in [-0.05, 0) is 12.1 Å². The Morgan fingerprint density at radius 1 is 1.44 bits per heavy atom. The molecule has 7 heteroatoms. The summed E-state index contributed by atoms with van der Waals surface area (Å²) in [5.74, 6) is 0.263. The van der Waals surface area contributed by atoms with E-state index in [1.165, 1.54) is 12.0 Å². The van der Waals surface area contributed by atoms with Gasteiger partial charge in [0.25, 0.3) is 5.91 Å². The normalized spacial score (nSPS) is 18.0. The largest absolute Gasteiger partial charge is 0.495 e. The van der Waals surface area contributed by atoms with Crippen molar-refractivity contribution in [3.8, 4) is 5.75 Å². The molecule has 0 spiro atoms. The lowest BCUT2D eigenvalue weighted by molar-refractivity contribution is -0.123. The van der Waals surface area contributed by atoms with Gasteiger partial charge in [-0.25, -0.2) is 0 Å². The zero-order valence-electron chi connectivity index (χ0n) is 9.83. The van der Waals surface area contributed by atoms with E-state index in [0.717, 1.165) is 0 Å². The molecule has 1 aliphatic heterocycles. The first-order valence-corrected chi connectivity index (χ1v) is 5.06. The second kappa shape index (κ2) is 6.68. The smallest absolute Gasteiger partial charge is 0.255 e. The van der Waals surface area contributed by atoms with Gasteiger partial charge >= 0.3 is 0 Å². The average molecular weight is 295 g/mol. The number of anilines is 2. The van der Waals surface area contributed by atoms with Crippen molar-refractivity contribution in [2.75, 3.05) is 24.3 Å². The van der Waals surface area contributed by atoms with E-state index in [0.29, 0.717) is 30.1 Å². The highest BCUT2D eigenvalue weighted by atomic mass is 35.5. The van der Waals surface area contributed by atoms with Crippen molar-refractivity contribution in [3.63, 3.8) is 0 Å². The van der Waals surface area contributed by atoms with Crippen LogP contribution in [0.2, 0.25) is 0 Å². The van der Waals surface area contributed by atoms with Crippen LogP contribution in [0.4, 0.5) is 11.4 Å². The average Bonchev–Trinajstić information content (AvgIpc) is 2.61. The Morgan fingerprint density at radius 3 is 2.61 bits per heavy atom. The lowest BCUT2D eigenvalue weighted by Gasteiger charge is -2.17. The van der Waals surface area contributed by atoms with E-state index in [1.807, 2.05) is 0 Å². The zero-order chi connectivity index (χ0) is 11.7. The van der Waals surface area contributed by atoms with Crippen LogP contribution in [-0.4, -0.2) is 30.8 Å². The summed E-state index contributed by atoms with van der Waals surface area (Å²) in [6, 6.07) is 5.13. The number of aliphatic hydroxyl groups is 1. The summed E-state index contributed by atoms with van der Waals surface area (Å²) in [5, 5.41) is 9.36.